The van der Waals surface area contributed by atoms with Gasteiger partial charge in [0.1, 0.15) is 6.10 Å². The van der Waals surface area contributed by atoms with Gasteiger partial charge in [-0.3, -0.25) is 0 Å². The maximum atomic E-state index is 6.30. The Morgan fingerprint density at radius 1 is 1.06 bits per heavy atom. The van der Waals surface area contributed by atoms with Crippen LogP contribution in [0.5, 0.6) is 5.88 Å². The first kappa shape index (κ1) is 22.7. The molecule has 1 atom stereocenters. The van der Waals surface area contributed by atoms with Crippen molar-refractivity contribution in [2.24, 2.45) is 0 Å². The lowest BCUT2D eigenvalue weighted by molar-refractivity contribution is -0.178. The molecular weight excluding hydrogens is 424 g/mol. The van der Waals surface area contributed by atoms with Crippen molar-refractivity contribution in [3.63, 3.8) is 0 Å². The molecule has 1 aliphatic carbocycles. The number of nitrogens with one attached hydrogen (secondary N) is 1. The fourth-order valence-corrected chi connectivity index (χ4v) is 5.10. The predicted molar refractivity (Wildman–Crippen MR) is 123 cm³/mol. The Bertz CT molecular complexity index is 936. The van der Waals surface area contributed by atoms with E-state index in [1.807, 2.05) is 19.3 Å². The van der Waals surface area contributed by atoms with Crippen LogP contribution in [-0.4, -0.2) is 73.0 Å². The van der Waals surface area contributed by atoms with Crippen LogP contribution in [0.1, 0.15) is 56.9 Å². The maximum absolute atomic E-state index is 6.30. The quantitative estimate of drug-likeness (QED) is 0.669. The van der Waals surface area contributed by atoms with Gasteiger partial charge in [0.05, 0.1) is 43.9 Å². The lowest BCUT2D eigenvalue weighted by Crippen LogP contribution is -2.34. The molecule has 5 rings (SSSR count). The molecule has 1 unspecified atom stereocenters. The van der Waals surface area contributed by atoms with E-state index in [1.165, 1.54) is 0 Å². The van der Waals surface area contributed by atoms with Crippen LogP contribution < -0.4 is 10.1 Å². The van der Waals surface area contributed by atoms with Gasteiger partial charge in [0.25, 0.3) is 0 Å². The molecule has 2 aliphatic heterocycles. The van der Waals surface area contributed by atoms with Crippen LogP contribution in [-0.2, 0) is 18.9 Å². The Hall–Kier alpha value is -2.07. The molecule has 9 heteroatoms. The molecule has 0 bridgehead atoms. The number of hydrogen-bond donors (Lipinski definition) is 1. The molecule has 4 heterocycles. The van der Waals surface area contributed by atoms with E-state index in [0.717, 1.165) is 68.2 Å². The third-order valence-corrected chi connectivity index (χ3v) is 6.85. The summed E-state index contributed by atoms with van der Waals surface area (Å²) in [5.41, 5.74) is 2.05. The van der Waals surface area contributed by atoms with Crippen molar-refractivity contribution in [2.45, 2.75) is 69.3 Å². The number of methoxy groups -OCH3 is 1. The van der Waals surface area contributed by atoms with E-state index in [2.05, 4.69) is 10.3 Å². The van der Waals surface area contributed by atoms with E-state index >= 15 is 0 Å². The van der Waals surface area contributed by atoms with Gasteiger partial charge in [-0.25, -0.2) is 15.0 Å². The first-order valence-corrected chi connectivity index (χ1v) is 12.1. The summed E-state index contributed by atoms with van der Waals surface area (Å²) in [4.78, 5) is 14.2. The third kappa shape index (κ3) is 5.06. The maximum Gasteiger partial charge on any atom is 0.224 e. The first-order valence-electron chi connectivity index (χ1n) is 12.1. The minimum atomic E-state index is -0.386. The largest absolute Gasteiger partial charge is 0.474 e. The Morgan fingerprint density at radius 2 is 1.82 bits per heavy atom. The average Bonchev–Trinajstić information content (AvgIpc) is 3.29. The number of ether oxygens (including phenoxy) is 5. The van der Waals surface area contributed by atoms with Crippen LogP contribution in [0.3, 0.4) is 0 Å². The van der Waals surface area contributed by atoms with Crippen LogP contribution in [0, 0.1) is 0 Å². The summed E-state index contributed by atoms with van der Waals surface area (Å²) in [5.74, 6) is 1.15. The molecule has 2 aromatic rings. The SMILES string of the molecule is COCC(C)Nc1ncc2c(OC3CCOCC3)ncc(C3CCC4(CC3)OCCO4)c2n1. The molecule has 2 saturated heterocycles. The summed E-state index contributed by atoms with van der Waals surface area (Å²) < 4.78 is 28.9. The molecule has 1 spiro atoms. The van der Waals surface area contributed by atoms with Gasteiger partial charge < -0.3 is 29.0 Å². The highest BCUT2D eigenvalue weighted by Gasteiger charge is 2.41. The van der Waals surface area contributed by atoms with Crippen molar-refractivity contribution < 1.29 is 23.7 Å². The van der Waals surface area contributed by atoms with Crippen molar-refractivity contribution in [3.05, 3.63) is 18.0 Å². The number of pyridine rings is 1. The minimum Gasteiger partial charge on any atom is -0.474 e. The molecule has 180 valence electrons. The van der Waals surface area contributed by atoms with Gasteiger partial charge in [-0.15, -0.1) is 0 Å². The van der Waals surface area contributed by atoms with Gasteiger partial charge in [-0.2, -0.15) is 0 Å². The highest BCUT2D eigenvalue weighted by Crippen LogP contribution is 2.44. The number of hydrogen-bond acceptors (Lipinski definition) is 9. The topological polar surface area (TPSA) is 96.9 Å². The third-order valence-electron chi connectivity index (χ3n) is 6.85. The Balaban J connectivity index is 1.44. The monoisotopic (exact) mass is 458 g/mol. The Kier molecular flexibility index (Phi) is 6.91. The van der Waals surface area contributed by atoms with E-state index in [4.69, 9.17) is 33.7 Å². The second kappa shape index (κ2) is 10.0. The highest BCUT2D eigenvalue weighted by molar-refractivity contribution is 5.86. The molecule has 9 nitrogen and oxygen atoms in total. The molecular formula is C24H34N4O5. The number of nitrogens with zero attached hydrogens (tertiary/aromatic N) is 3. The van der Waals surface area contributed by atoms with Gasteiger partial charge >= 0.3 is 0 Å². The van der Waals surface area contributed by atoms with Gasteiger partial charge in [-0.05, 0) is 25.7 Å². The van der Waals surface area contributed by atoms with E-state index in [0.29, 0.717) is 37.6 Å². The van der Waals surface area contributed by atoms with Crippen LogP contribution in [0.25, 0.3) is 10.9 Å². The van der Waals surface area contributed by atoms with Crippen molar-refractivity contribution in [1.82, 2.24) is 15.0 Å². The molecule has 2 aromatic heterocycles. The number of rotatable bonds is 7. The molecule has 3 aliphatic rings. The predicted octanol–water partition coefficient (Wildman–Crippen LogP) is 3.43. The second-order valence-corrected chi connectivity index (χ2v) is 9.29. The van der Waals surface area contributed by atoms with Crippen molar-refractivity contribution in [1.29, 1.82) is 0 Å². The molecule has 3 fully saturated rings. The molecule has 0 aromatic carbocycles. The highest BCUT2D eigenvalue weighted by atomic mass is 16.7. The average molecular weight is 459 g/mol. The van der Waals surface area contributed by atoms with Crippen LogP contribution in [0.4, 0.5) is 5.95 Å². The molecule has 1 N–H and O–H groups in total. The van der Waals surface area contributed by atoms with Gasteiger partial charge in [0.15, 0.2) is 5.79 Å². The van der Waals surface area contributed by atoms with E-state index in [9.17, 15) is 0 Å². The fourth-order valence-electron chi connectivity index (χ4n) is 5.10. The first-order chi connectivity index (χ1) is 16.2. The van der Waals surface area contributed by atoms with Crippen molar-refractivity contribution in [3.8, 4) is 5.88 Å². The van der Waals surface area contributed by atoms with Crippen LogP contribution in [0.15, 0.2) is 12.4 Å². The van der Waals surface area contributed by atoms with E-state index in [1.54, 1.807) is 7.11 Å². The van der Waals surface area contributed by atoms with Crippen molar-refractivity contribution in [2.75, 3.05) is 45.5 Å². The molecule has 0 amide bonds. The second-order valence-electron chi connectivity index (χ2n) is 9.29. The van der Waals surface area contributed by atoms with Gasteiger partial charge in [0, 0.05) is 56.8 Å². The summed E-state index contributed by atoms with van der Waals surface area (Å²) in [7, 11) is 1.69. The summed E-state index contributed by atoms with van der Waals surface area (Å²) in [6, 6.07) is 0.0990. The number of aromatic nitrogens is 3. The fraction of sp³-hybridized carbons (Fsp3) is 0.708. The lowest BCUT2D eigenvalue weighted by Gasteiger charge is -2.35. The Labute approximate surface area is 194 Å². The number of anilines is 1. The van der Waals surface area contributed by atoms with Gasteiger partial charge in [-0.1, -0.05) is 0 Å². The zero-order valence-electron chi connectivity index (χ0n) is 19.5. The summed E-state index contributed by atoms with van der Waals surface area (Å²) >= 11 is 0. The van der Waals surface area contributed by atoms with Crippen LogP contribution >= 0.6 is 0 Å². The minimum absolute atomic E-state index is 0.0990. The van der Waals surface area contributed by atoms with E-state index in [-0.39, 0.29) is 17.9 Å². The zero-order valence-corrected chi connectivity index (χ0v) is 19.5. The van der Waals surface area contributed by atoms with Crippen LogP contribution in [0.2, 0.25) is 0 Å². The standard InChI is InChI=1S/C24H34N4O5/c1-16(15-29-2)27-23-26-14-20-21(28-23)19(13-25-22(20)33-18-5-9-30-10-6-18)17-3-7-24(8-4-17)31-11-12-32-24/h13-14,16-18H,3-12,15H2,1-2H3,(H,26,27,28). The normalized spacial score (nSPS) is 22.6. The van der Waals surface area contributed by atoms with Crippen molar-refractivity contribution >= 4 is 16.9 Å². The molecule has 0 radical (unpaired) electrons. The number of fused-ring (bicyclic) bond motifs is 1. The van der Waals surface area contributed by atoms with E-state index < -0.39 is 0 Å². The summed E-state index contributed by atoms with van der Waals surface area (Å²) in [6.45, 7) is 5.44. The summed E-state index contributed by atoms with van der Waals surface area (Å²) in [5, 5.41) is 4.20. The zero-order chi connectivity index (χ0) is 22.7. The summed E-state index contributed by atoms with van der Waals surface area (Å²) in [6.07, 6.45) is 9.35. The Morgan fingerprint density at radius 3 is 2.55 bits per heavy atom. The lowest BCUT2D eigenvalue weighted by atomic mass is 9.81. The smallest absolute Gasteiger partial charge is 0.224 e. The molecule has 1 saturated carbocycles. The van der Waals surface area contributed by atoms with Gasteiger partial charge in [0.2, 0.25) is 11.8 Å². The molecule has 33 heavy (non-hydrogen) atoms.